The number of likely N-dealkylation sites (N-methyl/N-ethyl adjacent to an activating group) is 1. The Morgan fingerprint density at radius 2 is 2.31 bits per heavy atom. The molecule has 1 saturated heterocycles. The van der Waals surface area contributed by atoms with E-state index in [0.717, 1.165) is 39.4 Å². The summed E-state index contributed by atoms with van der Waals surface area (Å²) in [5.41, 5.74) is 0. The highest BCUT2D eigenvalue weighted by Crippen LogP contribution is 2.12. The van der Waals surface area contributed by atoms with Crippen LogP contribution in [0.2, 0.25) is 0 Å². The lowest BCUT2D eigenvalue weighted by Crippen LogP contribution is -2.31. The summed E-state index contributed by atoms with van der Waals surface area (Å²) >= 11 is 0. The van der Waals surface area contributed by atoms with Gasteiger partial charge in [-0.15, -0.1) is 0 Å². The number of rotatable bonds is 9. The third kappa shape index (κ3) is 6.43. The summed E-state index contributed by atoms with van der Waals surface area (Å²) in [5, 5.41) is 3.35. The van der Waals surface area contributed by atoms with E-state index in [0.29, 0.717) is 6.10 Å². The van der Waals surface area contributed by atoms with Crippen LogP contribution in [0.5, 0.6) is 0 Å². The van der Waals surface area contributed by atoms with Gasteiger partial charge in [-0.05, 0) is 39.4 Å². The molecule has 0 aromatic heterocycles. The van der Waals surface area contributed by atoms with Crippen molar-refractivity contribution in [1.29, 1.82) is 0 Å². The molecule has 1 unspecified atom stereocenters. The van der Waals surface area contributed by atoms with Crippen molar-refractivity contribution in [3.63, 3.8) is 0 Å². The second kappa shape index (κ2) is 8.93. The van der Waals surface area contributed by atoms with Gasteiger partial charge in [0.2, 0.25) is 0 Å². The van der Waals surface area contributed by atoms with Crippen LogP contribution in [0, 0.1) is 0 Å². The molecule has 16 heavy (non-hydrogen) atoms. The van der Waals surface area contributed by atoms with Gasteiger partial charge >= 0.3 is 0 Å². The minimum Gasteiger partial charge on any atom is -0.383 e. The van der Waals surface area contributed by atoms with Crippen LogP contribution in [0.1, 0.15) is 19.3 Å². The van der Waals surface area contributed by atoms with Gasteiger partial charge in [0.15, 0.2) is 0 Å². The molecule has 1 fully saturated rings. The summed E-state index contributed by atoms with van der Waals surface area (Å²) in [7, 11) is 3.91. The van der Waals surface area contributed by atoms with Crippen molar-refractivity contribution in [2.75, 3.05) is 53.6 Å². The van der Waals surface area contributed by atoms with Gasteiger partial charge in [0, 0.05) is 26.8 Å². The van der Waals surface area contributed by atoms with Crippen LogP contribution in [0.15, 0.2) is 0 Å². The molecule has 0 amide bonds. The summed E-state index contributed by atoms with van der Waals surface area (Å²) in [4.78, 5) is 2.37. The first-order valence-corrected chi connectivity index (χ1v) is 6.32. The third-order valence-electron chi connectivity index (χ3n) is 2.92. The fraction of sp³-hybridized carbons (Fsp3) is 1.00. The highest BCUT2D eigenvalue weighted by Gasteiger charge is 2.16. The number of hydrogen-bond acceptors (Lipinski definition) is 4. The van der Waals surface area contributed by atoms with E-state index in [9.17, 15) is 0 Å². The smallest absolute Gasteiger partial charge is 0.0702 e. The third-order valence-corrected chi connectivity index (χ3v) is 2.92. The van der Waals surface area contributed by atoms with Crippen LogP contribution >= 0.6 is 0 Å². The van der Waals surface area contributed by atoms with Gasteiger partial charge in [-0.25, -0.2) is 0 Å². The lowest BCUT2D eigenvalue weighted by atomic mass is 10.2. The molecule has 1 N–H and O–H groups in total. The summed E-state index contributed by atoms with van der Waals surface area (Å²) in [6, 6.07) is 0. The molecule has 1 aliphatic heterocycles. The van der Waals surface area contributed by atoms with Gasteiger partial charge in [0.1, 0.15) is 0 Å². The van der Waals surface area contributed by atoms with Gasteiger partial charge in [-0.1, -0.05) is 0 Å². The normalized spacial score (nSPS) is 20.8. The van der Waals surface area contributed by atoms with Crippen molar-refractivity contribution in [3.8, 4) is 0 Å². The Balaban J connectivity index is 1.87. The number of nitrogens with one attached hydrogen (secondary N) is 1. The Morgan fingerprint density at radius 3 is 3.00 bits per heavy atom. The maximum Gasteiger partial charge on any atom is 0.0702 e. The molecule has 0 radical (unpaired) electrons. The number of hydrogen-bond donors (Lipinski definition) is 1. The van der Waals surface area contributed by atoms with Crippen LogP contribution in [0.4, 0.5) is 0 Å². The quantitative estimate of drug-likeness (QED) is 0.592. The first-order valence-electron chi connectivity index (χ1n) is 6.32. The summed E-state index contributed by atoms with van der Waals surface area (Å²) in [5.74, 6) is 0. The summed E-state index contributed by atoms with van der Waals surface area (Å²) in [6.07, 6.45) is 4.13. The zero-order valence-corrected chi connectivity index (χ0v) is 10.7. The van der Waals surface area contributed by atoms with Crippen molar-refractivity contribution >= 4 is 0 Å². The van der Waals surface area contributed by atoms with Gasteiger partial charge < -0.3 is 19.7 Å². The van der Waals surface area contributed by atoms with Gasteiger partial charge in [-0.3, -0.25) is 0 Å². The largest absolute Gasteiger partial charge is 0.383 e. The SMILES string of the molecule is COCCNCCCN(C)CC1CCCO1. The molecular weight excluding hydrogens is 204 g/mol. The molecule has 4 heteroatoms. The average Bonchev–Trinajstić information content (AvgIpc) is 2.76. The minimum atomic E-state index is 0.478. The van der Waals surface area contributed by atoms with Crippen LogP contribution in [0.3, 0.4) is 0 Å². The van der Waals surface area contributed by atoms with Crippen molar-refractivity contribution in [2.45, 2.75) is 25.4 Å². The Hall–Kier alpha value is -0.160. The Morgan fingerprint density at radius 1 is 1.44 bits per heavy atom. The monoisotopic (exact) mass is 230 g/mol. The minimum absolute atomic E-state index is 0.478. The van der Waals surface area contributed by atoms with E-state index in [1.54, 1.807) is 7.11 Å². The molecule has 1 atom stereocenters. The summed E-state index contributed by atoms with van der Waals surface area (Å²) in [6.45, 7) is 5.99. The molecule has 0 aromatic carbocycles. The number of nitrogens with zero attached hydrogens (tertiary/aromatic N) is 1. The fourth-order valence-electron chi connectivity index (χ4n) is 2.00. The van der Waals surface area contributed by atoms with Crippen molar-refractivity contribution in [2.24, 2.45) is 0 Å². The standard InChI is InChI=1S/C12H26N2O2/c1-14(11-12-5-3-9-16-12)8-4-6-13-7-10-15-2/h12-13H,3-11H2,1-2H3. The van der Waals surface area contributed by atoms with E-state index in [4.69, 9.17) is 9.47 Å². The molecule has 96 valence electrons. The van der Waals surface area contributed by atoms with Gasteiger partial charge in [0.05, 0.1) is 12.7 Å². The van der Waals surface area contributed by atoms with E-state index < -0.39 is 0 Å². The van der Waals surface area contributed by atoms with Crippen LogP contribution in [-0.4, -0.2) is 64.6 Å². The molecule has 0 aliphatic carbocycles. The zero-order valence-electron chi connectivity index (χ0n) is 10.7. The van der Waals surface area contributed by atoms with E-state index in [-0.39, 0.29) is 0 Å². The Bertz CT molecular complexity index is 161. The van der Waals surface area contributed by atoms with Gasteiger partial charge in [0.25, 0.3) is 0 Å². The molecule has 0 bridgehead atoms. The average molecular weight is 230 g/mol. The Labute approximate surface area is 99.3 Å². The molecule has 1 aliphatic rings. The van der Waals surface area contributed by atoms with E-state index in [1.165, 1.54) is 19.3 Å². The van der Waals surface area contributed by atoms with E-state index in [2.05, 4.69) is 17.3 Å². The summed E-state index contributed by atoms with van der Waals surface area (Å²) < 4.78 is 10.6. The zero-order chi connectivity index (χ0) is 11.6. The van der Waals surface area contributed by atoms with Gasteiger partial charge in [-0.2, -0.15) is 0 Å². The molecular formula is C12H26N2O2. The predicted octanol–water partition coefficient (Wildman–Crippen LogP) is 0.723. The molecule has 0 aromatic rings. The van der Waals surface area contributed by atoms with Crippen LogP contribution in [-0.2, 0) is 9.47 Å². The highest BCUT2D eigenvalue weighted by molar-refractivity contribution is 4.68. The van der Waals surface area contributed by atoms with E-state index >= 15 is 0 Å². The van der Waals surface area contributed by atoms with Crippen molar-refractivity contribution in [3.05, 3.63) is 0 Å². The maximum atomic E-state index is 5.61. The molecule has 1 heterocycles. The molecule has 4 nitrogen and oxygen atoms in total. The lowest BCUT2D eigenvalue weighted by Gasteiger charge is -2.20. The van der Waals surface area contributed by atoms with E-state index in [1.807, 2.05) is 0 Å². The maximum absolute atomic E-state index is 5.61. The first kappa shape index (κ1) is 13.9. The van der Waals surface area contributed by atoms with Crippen molar-refractivity contribution < 1.29 is 9.47 Å². The topological polar surface area (TPSA) is 33.7 Å². The number of ether oxygens (including phenoxy) is 2. The fourth-order valence-corrected chi connectivity index (χ4v) is 2.00. The van der Waals surface area contributed by atoms with Crippen molar-refractivity contribution in [1.82, 2.24) is 10.2 Å². The molecule has 0 spiro atoms. The van der Waals surface area contributed by atoms with Crippen LogP contribution in [0.25, 0.3) is 0 Å². The lowest BCUT2D eigenvalue weighted by molar-refractivity contribution is 0.0809. The molecule has 1 rings (SSSR count). The van der Waals surface area contributed by atoms with Crippen LogP contribution < -0.4 is 5.32 Å². The predicted molar refractivity (Wildman–Crippen MR) is 65.8 cm³/mol. The Kier molecular flexibility index (Phi) is 7.76. The second-order valence-electron chi connectivity index (χ2n) is 4.49. The molecule has 0 saturated carbocycles. The highest BCUT2D eigenvalue weighted by atomic mass is 16.5. The second-order valence-corrected chi connectivity index (χ2v) is 4.49. The number of methoxy groups -OCH3 is 1. The first-order chi connectivity index (χ1) is 7.83.